The fourth-order valence-corrected chi connectivity index (χ4v) is 1.87. The van der Waals surface area contributed by atoms with Gasteiger partial charge in [0.2, 0.25) is 0 Å². The van der Waals surface area contributed by atoms with Gasteiger partial charge >= 0.3 is 0 Å². The molecule has 0 aliphatic rings. The number of nitrogens with one attached hydrogen (secondary N) is 1. The third-order valence-corrected chi connectivity index (χ3v) is 2.73. The van der Waals surface area contributed by atoms with Gasteiger partial charge in [0, 0.05) is 30.7 Å². The summed E-state index contributed by atoms with van der Waals surface area (Å²) in [5.41, 5.74) is 3.38. The van der Waals surface area contributed by atoms with Crippen molar-refractivity contribution in [1.29, 1.82) is 0 Å². The van der Waals surface area contributed by atoms with Crippen LogP contribution in [0.2, 0.25) is 0 Å². The first-order valence-corrected chi connectivity index (χ1v) is 5.85. The fraction of sp³-hybridized carbons (Fsp3) is 0.385. The summed E-state index contributed by atoms with van der Waals surface area (Å²) in [7, 11) is 1.93. The van der Waals surface area contributed by atoms with Crippen molar-refractivity contribution in [3.05, 3.63) is 47.5 Å². The highest BCUT2D eigenvalue weighted by atomic mass is 15.2. The van der Waals surface area contributed by atoms with Crippen LogP contribution in [0.4, 0.5) is 0 Å². The maximum atomic E-state index is 4.35. The van der Waals surface area contributed by atoms with E-state index in [1.165, 1.54) is 11.1 Å². The van der Waals surface area contributed by atoms with E-state index in [0.29, 0.717) is 0 Å². The molecule has 1 unspecified atom stereocenters. The molecule has 0 aromatic carbocycles. The van der Waals surface area contributed by atoms with Crippen molar-refractivity contribution in [2.45, 2.75) is 19.9 Å². The van der Waals surface area contributed by atoms with Gasteiger partial charge in [0.15, 0.2) is 0 Å². The van der Waals surface area contributed by atoms with Gasteiger partial charge < -0.3 is 5.32 Å². The van der Waals surface area contributed by atoms with Crippen LogP contribution in [0.25, 0.3) is 0 Å². The fourth-order valence-electron chi connectivity index (χ4n) is 1.87. The van der Waals surface area contributed by atoms with Gasteiger partial charge in [0.1, 0.15) is 0 Å². The summed E-state index contributed by atoms with van der Waals surface area (Å²) in [6.07, 6.45) is 5.86. The number of nitrogens with zero attached hydrogens (tertiary/aromatic N) is 3. The lowest BCUT2D eigenvalue weighted by Gasteiger charge is -2.16. The van der Waals surface area contributed by atoms with Crippen molar-refractivity contribution in [1.82, 2.24) is 20.1 Å². The van der Waals surface area contributed by atoms with Gasteiger partial charge in [-0.25, -0.2) is 0 Å². The van der Waals surface area contributed by atoms with Crippen molar-refractivity contribution >= 4 is 0 Å². The first-order chi connectivity index (χ1) is 8.20. The van der Waals surface area contributed by atoms with Gasteiger partial charge in [-0.15, -0.1) is 0 Å². The Balaban J connectivity index is 2.31. The van der Waals surface area contributed by atoms with Crippen LogP contribution in [-0.2, 0) is 7.05 Å². The molecule has 0 aliphatic carbocycles. The van der Waals surface area contributed by atoms with Crippen molar-refractivity contribution in [3.63, 3.8) is 0 Å². The van der Waals surface area contributed by atoms with Crippen molar-refractivity contribution < 1.29 is 0 Å². The van der Waals surface area contributed by atoms with Crippen LogP contribution in [0, 0.1) is 6.92 Å². The molecule has 0 bridgehead atoms. The predicted octanol–water partition coefficient (Wildman–Crippen LogP) is 1.82. The first kappa shape index (κ1) is 11.8. The van der Waals surface area contributed by atoms with E-state index in [0.717, 1.165) is 12.2 Å². The van der Waals surface area contributed by atoms with Crippen LogP contribution in [0.15, 0.2) is 30.7 Å². The van der Waals surface area contributed by atoms with E-state index in [2.05, 4.69) is 28.4 Å². The van der Waals surface area contributed by atoms with E-state index in [9.17, 15) is 0 Å². The zero-order valence-corrected chi connectivity index (χ0v) is 10.5. The van der Waals surface area contributed by atoms with Gasteiger partial charge in [0.25, 0.3) is 0 Å². The molecule has 0 fully saturated rings. The number of aromatic nitrogens is 3. The summed E-state index contributed by atoms with van der Waals surface area (Å²) in [5, 5.41) is 7.67. The van der Waals surface area contributed by atoms with Crippen LogP contribution in [0.3, 0.4) is 0 Å². The van der Waals surface area contributed by atoms with E-state index >= 15 is 0 Å². The Bertz CT molecular complexity index is 472. The Morgan fingerprint density at radius 1 is 1.29 bits per heavy atom. The molecule has 90 valence electrons. The minimum atomic E-state index is 0.168. The van der Waals surface area contributed by atoms with E-state index in [-0.39, 0.29) is 6.04 Å². The van der Waals surface area contributed by atoms with E-state index < -0.39 is 0 Å². The second-order valence-electron chi connectivity index (χ2n) is 4.17. The second-order valence-corrected chi connectivity index (χ2v) is 4.17. The predicted molar refractivity (Wildman–Crippen MR) is 67.7 cm³/mol. The molecule has 2 aromatic heterocycles. The normalized spacial score (nSPS) is 12.6. The number of hydrogen-bond donors (Lipinski definition) is 1. The minimum Gasteiger partial charge on any atom is -0.306 e. The van der Waals surface area contributed by atoms with Gasteiger partial charge in [-0.3, -0.25) is 9.67 Å². The summed E-state index contributed by atoms with van der Waals surface area (Å²) in [6.45, 7) is 5.01. The molecule has 2 aromatic rings. The summed E-state index contributed by atoms with van der Waals surface area (Å²) < 4.78 is 1.82. The van der Waals surface area contributed by atoms with Crippen LogP contribution in [0.5, 0.6) is 0 Å². The van der Waals surface area contributed by atoms with E-state index in [1.54, 1.807) is 0 Å². The summed E-state index contributed by atoms with van der Waals surface area (Å²) in [6, 6.07) is 4.32. The zero-order valence-electron chi connectivity index (χ0n) is 10.5. The van der Waals surface area contributed by atoms with E-state index in [1.807, 2.05) is 43.3 Å². The van der Waals surface area contributed by atoms with Crippen LogP contribution >= 0.6 is 0 Å². The van der Waals surface area contributed by atoms with Crippen molar-refractivity contribution in [2.75, 3.05) is 6.54 Å². The lowest BCUT2D eigenvalue weighted by molar-refractivity contribution is 0.627. The zero-order chi connectivity index (χ0) is 12.3. The molecule has 4 heteroatoms. The van der Waals surface area contributed by atoms with Gasteiger partial charge in [0.05, 0.1) is 12.2 Å². The highest BCUT2D eigenvalue weighted by molar-refractivity contribution is 5.27. The first-order valence-electron chi connectivity index (χ1n) is 5.85. The van der Waals surface area contributed by atoms with Crippen molar-refractivity contribution in [2.24, 2.45) is 7.05 Å². The van der Waals surface area contributed by atoms with E-state index in [4.69, 9.17) is 0 Å². The molecule has 0 amide bonds. The number of aryl methyl sites for hydroxylation is 2. The molecule has 17 heavy (non-hydrogen) atoms. The standard InChI is InChI=1S/C13H18N4/c1-4-14-13(12-8-16-17(3)9-12)11-6-5-10(2)15-7-11/h5-9,13-14H,4H2,1-3H3. The monoisotopic (exact) mass is 230 g/mol. The average Bonchev–Trinajstić information content (AvgIpc) is 2.74. The molecular formula is C13H18N4. The Hall–Kier alpha value is -1.68. The Kier molecular flexibility index (Phi) is 3.54. The molecular weight excluding hydrogens is 212 g/mol. The molecule has 2 rings (SSSR count). The lowest BCUT2D eigenvalue weighted by atomic mass is 10.0. The Labute approximate surface area is 102 Å². The van der Waals surface area contributed by atoms with Crippen molar-refractivity contribution in [3.8, 4) is 0 Å². The lowest BCUT2D eigenvalue weighted by Crippen LogP contribution is -2.21. The SMILES string of the molecule is CCNC(c1ccc(C)nc1)c1cnn(C)c1. The molecule has 0 saturated heterocycles. The topological polar surface area (TPSA) is 42.7 Å². The molecule has 0 saturated carbocycles. The second kappa shape index (κ2) is 5.10. The molecule has 2 heterocycles. The highest BCUT2D eigenvalue weighted by Crippen LogP contribution is 2.20. The molecule has 1 N–H and O–H groups in total. The third-order valence-electron chi connectivity index (χ3n) is 2.73. The summed E-state index contributed by atoms with van der Waals surface area (Å²) >= 11 is 0. The number of hydrogen-bond acceptors (Lipinski definition) is 3. The Morgan fingerprint density at radius 3 is 2.65 bits per heavy atom. The number of pyridine rings is 1. The largest absolute Gasteiger partial charge is 0.306 e. The molecule has 4 nitrogen and oxygen atoms in total. The van der Waals surface area contributed by atoms with Gasteiger partial charge in [-0.05, 0) is 25.1 Å². The molecule has 1 atom stereocenters. The smallest absolute Gasteiger partial charge is 0.0623 e. The average molecular weight is 230 g/mol. The number of rotatable bonds is 4. The summed E-state index contributed by atoms with van der Waals surface area (Å²) in [4.78, 5) is 4.35. The minimum absolute atomic E-state index is 0.168. The quantitative estimate of drug-likeness (QED) is 0.871. The molecule has 0 radical (unpaired) electrons. The maximum absolute atomic E-state index is 4.35. The maximum Gasteiger partial charge on any atom is 0.0623 e. The molecule has 0 spiro atoms. The Morgan fingerprint density at radius 2 is 2.12 bits per heavy atom. The third kappa shape index (κ3) is 2.71. The van der Waals surface area contributed by atoms with Gasteiger partial charge in [-0.1, -0.05) is 13.0 Å². The van der Waals surface area contributed by atoms with Crippen LogP contribution in [0.1, 0.15) is 29.8 Å². The van der Waals surface area contributed by atoms with Crippen LogP contribution < -0.4 is 5.32 Å². The van der Waals surface area contributed by atoms with Gasteiger partial charge in [-0.2, -0.15) is 5.10 Å². The van der Waals surface area contributed by atoms with Crippen LogP contribution in [-0.4, -0.2) is 21.3 Å². The highest BCUT2D eigenvalue weighted by Gasteiger charge is 2.14. The molecule has 0 aliphatic heterocycles. The summed E-state index contributed by atoms with van der Waals surface area (Å²) in [5.74, 6) is 0.